The first kappa shape index (κ1) is 11.2. The molecule has 0 aromatic rings. The molecule has 0 heterocycles. The molecule has 2 aliphatic carbocycles. The summed E-state index contributed by atoms with van der Waals surface area (Å²) in [6, 6.07) is 2.31. The van der Waals surface area contributed by atoms with Gasteiger partial charge in [0.2, 0.25) is 5.91 Å². The smallest absolute Gasteiger partial charge is 0.227 e. The first-order chi connectivity index (χ1) is 7.70. The molecule has 1 saturated carbocycles. The van der Waals surface area contributed by atoms with Crippen molar-refractivity contribution in [1.82, 2.24) is 5.32 Å². The van der Waals surface area contributed by atoms with Crippen LogP contribution < -0.4 is 11.1 Å². The van der Waals surface area contributed by atoms with Gasteiger partial charge in [-0.3, -0.25) is 4.79 Å². The van der Waals surface area contributed by atoms with E-state index in [1.54, 1.807) is 0 Å². The molecule has 0 aliphatic heterocycles. The normalized spacial score (nSPS) is 37.2. The quantitative estimate of drug-likeness (QED) is 0.671. The maximum Gasteiger partial charge on any atom is 0.227 e. The number of carbonyl (C=O) groups is 1. The number of nitrogens with two attached hydrogens (primary N) is 1. The second kappa shape index (κ2) is 4.67. The maximum absolute atomic E-state index is 11.9. The molecule has 0 spiro atoms. The Hall–Kier alpha value is -1.34. The number of amides is 1. The Morgan fingerprint density at radius 3 is 2.88 bits per heavy atom. The number of hydrogen-bond acceptors (Lipinski definition) is 3. The predicted molar refractivity (Wildman–Crippen MR) is 60.1 cm³/mol. The molecule has 4 heteroatoms. The van der Waals surface area contributed by atoms with Crippen molar-refractivity contribution in [3.63, 3.8) is 0 Å². The van der Waals surface area contributed by atoms with Crippen molar-refractivity contribution in [3.8, 4) is 6.07 Å². The summed E-state index contributed by atoms with van der Waals surface area (Å²) in [6.07, 6.45) is 7.30. The molecule has 0 bridgehead atoms. The summed E-state index contributed by atoms with van der Waals surface area (Å²) in [5.41, 5.74) is 5.71. The first-order valence-corrected chi connectivity index (χ1v) is 5.84. The monoisotopic (exact) mass is 219 g/mol. The highest BCUT2D eigenvalue weighted by molar-refractivity contribution is 5.81. The van der Waals surface area contributed by atoms with Crippen molar-refractivity contribution in [2.45, 2.75) is 37.8 Å². The number of rotatable bonds is 2. The van der Waals surface area contributed by atoms with Crippen LogP contribution in [-0.4, -0.2) is 18.0 Å². The second-order valence-corrected chi connectivity index (χ2v) is 4.67. The molecule has 0 saturated heterocycles. The van der Waals surface area contributed by atoms with E-state index in [1.807, 2.05) is 12.2 Å². The Morgan fingerprint density at radius 1 is 1.44 bits per heavy atom. The van der Waals surface area contributed by atoms with E-state index in [-0.39, 0.29) is 29.8 Å². The van der Waals surface area contributed by atoms with E-state index in [2.05, 4.69) is 11.4 Å². The van der Waals surface area contributed by atoms with Gasteiger partial charge in [0.25, 0.3) is 0 Å². The van der Waals surface area contributed by atoms with E-state index in [0.29, 0.717) is 6.42 Å². The molecule has 0 aromatic carbocycles. The minimum atomic E-state index is -0.102. The Morgan fingerprint density at radius 2 is 2.25 bits per heavy atom. The number of nitrogens with one attached hydrogen (secondary N) is 1. The third-order valence-electron chi connectivity index (χ3n) is 3.46. The van der Waals surface area contributed by atoms with Gasteiger partial charge in [0.15, 0.2) is 0 Å². The Kier molecular flexibility index (Phi) is 3.25. The van der Waals surface area contributed by atoms with Crippen LogP contribution in [0.4, 0.5) is 0 Å². The van der Waals surface area contributed by atoms with Crippen LogP contribution in [0.1, 0.15) is 25.7 Å². The summed E-state index contributed by atoms with van der Waals surface area (Å²) in [4.78, 5) is 11.9. The van der Waals surface area contributed by atoms with E-state index in [1.165, 1.54) is 0 Å². The molecule has 1 amide bonds. The fourth-order valence-electron chi connectivity index (χ4n) is 2.50. The topological polar surface area (TPSA) is 78.9 Å². The van der Waals surface area contributed by atoms with Crippen molar-refractivity contribution in [2.24, 2.45) is 17.6 Å². The summed E-state index contributed by atoms with van der Waals surface area (Å²) >= 11 is 0. The zero-order chi connectivity index (χ0) is 11.5. The molecule has 3 N–H and O–H groups in total. The van der Waals surface area contributed by atoms with Crippen molar-refractivity contribution in [2.75, 3.05) is 0 Å². The fraction of sp³-hybridized carbons (Fsp3) is 0.667. The minimum absolute atomic E-state index is 0.00564. The van der Waals surface area contributed by atoms with E-state index in [0.717, 1.165) is 19.3 Å². The van der Waals surface area contributed by atoms with Crippen molar-refractivity contribution in [1.29, 1.82) is 5.26 Å². The lowest BCUT2D eigenvalue weighted by molar-refractivity contribution is -0.124. The van der Waals surface area contributed by atoms with Crippen molar-refractivity contribution >= 4 is 5.91 Å². The van der Waals surface area contributed by atoms with E-state index in [4.69, 9.17) is 11.0 Å². The van der Waals surface area contributed by atoms with Gasteiger partial charge in [-0.15, -0.1) is 0 Å². The first-order valence-electron chi connectivity index (χ1n) is 5.84. The largest absolute Gasteiger partial charge is 0.352 e. The lowest BCUT2D eigenvalue weighted by Crippen LogP contribution is -2.40. The number of carbonyl (C=O) groups excluding carboxylic acids is 1. The van der Waals surface area contributed by atoms with Crippen LogP contribution in [-0.2, 0) is 4.79 Å². The van der Waals surface area contributed by atoms with Crippen LogP contribution >= 0.6 is 0 Å². The Bertz CT molecular complexity index is 345. The molecule has 0 radical (unpaired) electrons. The highest BCUT2D eigenvalue weighted by Crippen LogP contribution is 2.26. The van der Waals surface area contributed by atoms with Gasteiger partial charge in [-0.25, -0.2) is 0 Å². The van der Waals surface area contributed by atoms with Crippen LogP contribution in [0, 0.1) is 23.2 Å². The van der Waals surface area contributed by atoms with Crippen LogP contribution in [0.2, 0.25) is 0 Å². The lowest BCUT2D eigenvalue weighted by Gasteiger charge is -2.18. The molecule has 2 aliphatic rings. The SMILES string of the molecule is N#CC1CCCC1NC(=O)C1C=CC(N)C1. The summed E-state index contributed by atoms with van der Waals surface area (Å²) in [5.74, 6) is -0.0886. The molecule has 2 rings (SSSR count). The number of hydrogen-bond donors (Lipinski definition) is 2. The number of nitrogens with zero attached hydrogens (tertiary/aromatic N) is 1. The predicted octanol–water partition coefficient (Wildman–Crippen LogP) is 0.698. The molecule has 4 atom stereocenters. The lowest BCUT2D eigenvalue weighted by atomic mass is 10.0. The molecule has 1 fully saturated rings. The summed E-state index contributed by atoms with van der Waals surface area (Å²) in [6.45, 7) is 0. The van der Waals surface area contributed by atoms with Gasteiger partial charge in [0.05, 0.1) is 17.9 Å². The molecule has 4 unspecified atom stereocenters. The minimum Gasteiger partial charge on any atom is -0.352 e. The molecular weight excluding hydrogens is 202 g/mol. The second-order valence-electron chi connectivity index (χ2n) is 4.67. The third-order valence-corrected chi connectivity index (χ3v) is 3.46. The Balaban J connectivity index is 1.88. The zero-order valence-electron chi connectivity index (χ0n) is 9.23. The van der Waals surface area contributed by atoms with Crippen molar-refractivity contribution < 1.29 is 4.79 Å². The van der Waals surface area contributed by atoms with E-state index in [9.17, 15) is 4.79 Å². The van der Waals surface area contributed by atoms with Gasteiger partial charge >= 0.3 is 0 Å². The average molecular weight is 219 g/mol. The van der Waals surface area contributed by atoms with Gasteiger partial charge in [-0.1, -0.05) is 12.2 Å². The molecular formula is C12H17N3O. The van der Waals surface area contributed by atoms with Crippen molar-refractivity contribution in [3.05, 3.63) is 12.2 Å². The standard InChI is InChI=1S/C12H17N3O/c13-7-9-2-1-3-11(9)15-12(16)8-4-5-10(14)6-8/h4-5,8-11H,1-3,6,14H2,(H,15,16). The molecule has 4 nitrogen and oxygen atoms in total. The van der Waals surface area contributed by atoms with Crippen LogP contribution in [0.5, 0.6) is 0 Å². The van der Waals surface area contributed by atoms with Gasteiger partial charge in [-0.05, 0) is 25.7 Å². The highest BCUT2D eigenvalue weighted by atomic mass is 16.1. The maximum atomic E-state index is 11.9. The van der Waals surface area contributed by atoms with Crippen LogP contribution in [0.25, 0.3) is 0 Å². The van der Waals surface area contributed by atoms with Gasteiger partial charge in [-0.2, -0.15) is 5.26 Å². The highest BCUT2D eigenvalue weighted by Gasteiger charge is 2.31. The molecule has 16 heavy (non-hydrogen) atoms. The zero-order valence-corrected chi connectivity index (χ0v) is 9.23. The molecule has 86 valence electrons. The summed E-state index contributed by atoms with van der Waals surface area (Å²) in [5, 5.41) is 11.9. The fourth-order valence-corrected chi connectivity index (χ4v) is 2.50. The number of nitriles is 1. The van der Waals surface area contributed by atoms with Gasteiger partial charge < -0.3 is 11.1 Å². The Labute approximate surface area is 95.5 Å². The average Bonchev–Trinajstić information content (AvgIpc) is 2.86. The summed E-state index contributed by atoms with van der Waals surface area (Å²) < 4.78 is 0. The van der Waals surface area contributed by atoms with Gasteiger partial charge in [0, 0.05) is 12.1 Å². The van der Waals surface area contributed by atoms with Crippen LogP contribution in [0.15, 0.2) is 12.2 Å². The summed E-state index contributed by atoms with van der Waals surface area (Å²) in [7, 11) is 0. The van der Waals surface area contributed by atoms with E-state index >= 15 is 0 Å². The third kappa shape index (κ3) is 2.25. The van der Waals surface area contributed by atoms with E-state index < -0.39 is 0 Å². The van der Waals surface area contributed by atoms with Crippen LogP contribution in [0.3, 0.4) is 0 Å². The molecule has 0 aromatic heterocycles. The van der Waals surface area contributed by atoms with Gasteiger partial charge in [0.1, 0.15) is 0 Å².